The predicted molar refractivity (Wildman–Crippen MR) is 102 cm³/mol. The van der Waals surface area contributed by atoms with Crippen LogP contribution in [0.5, 0.6) is 11.5 Å². The van der Waals surface area contributed by atoms with Crippen molar-refractivity contribution in [3.63, 3.8) is 0 Å². The number of hydrogen-bond donors (Lipinski definition) is 2. The van der Waals surface area contributed by atoms with Crippen molar-refractivity contribution < 1.29 is 23.8 Å². The number of allylic oxidation sites excluding steroid dienone is 1. The Balaban J connectivity index is 2.32. The van der Waals surface area contributed by atoms with Crippen molar-refractivity contribution in [2.45, 2.75) is 40.2 Å². The summed E-state index contributed by atoms with van der Waals surface area (Å²) in [6, 6.07) is 4.38. The molecule has 1 atom stereocenters. The van der Waals surface area contributed by atoms with Gasteiger partial charge in [-0.1, -0.05) is 19.9 Å². The minimum atomic E-state index is -0.628. The zero-order chi connectivity index (χ0) is 20.0. The molecule has 0 aromatic heterocycles. The molecule has 0 saturated carbocycles. The van der Waals surface area contributed by atoms with E-state index >= 15 is 0 Å². The van der Waals surface area contributed by atoms with E-state index in [-0.39, 0.29) is 12.6 Å². The Bertz CT molecular complexity index is 727. The summed E-state index contributed by atoms with van der Waals surface area (Å²) in [6.45, 7) is 8.53. The third-order valence-corrected chi connectivity index (χ3v) is 4.24. The van der Waals surface area contributed by atoms with E-state index in [0.717, 1.165) is 6.42 Å². The van der Waals surface area contributed by atoms with Gasteiger partial charge < -0.3 is 24.8 Å². The highest BCUT2D eigenvalue weighted by molar-refractivity contribution is 5.95. The highest BCUT2D eigenvalue weighted by atomic mass is 16.5. The third kappa shape index (κ3) is 5.15. The molecule has 1 aromatic carbocycles. The van der Waals surface area contributed by atoms with Gasteiger partial charge in [0.15, 0.2) is 11.5 Å². The molecule has 7 nitrogen and oxygen atoms in total. The second kappa shape index (κ2) is 9.30. The number of nitrogens with one attached hydrogen (secondary N) is 2. The van der Waals surface area contributed by atoms with Crippen LogP contribution >= 0.6 is 0 Å². The minimum absolute atomic E-state index is 0.252. The Kier molecular flexibility index (Phi) is 7.10. The van der Waals surface area contributed by atoms with Crippen LogP contribution in [0.25, 0.3) is 0 Å². The average molecular weight is 376 g/mol. The van der Waals surface area contributed by atoms with E-state index in [2.05, 4.69) is 24.5 Å². The number of esters is 1. The van der Waals surface area contributed by atoms with Crippen molar-refractivity contribution in [2.75, 3.05) is 20.3 Å². The monoisotopic (exact) mass is 376 g/mol. The fraction of sp³-hybridized carbons (Fsp3) is 0.500. The molecule has 2 rings (SSSR count). The fourth-order valence-electron chi connectivity index (χ4n) is 2.81. The molecule has 1 aromatic rings. The fourth-order valence-corrected chi connectivity index (χ4v) is 2.81. The van der Waals surface area contributed by atoms with Crippen LogP contribution in [0.1, 0.15) is 45.7 Å². The van der Waals surface area contributed by atoms with Gasteiger partial charge in [-0.15, -0.1) is 0 Å². The van der Waals surface area contributed by atoms with Crippen LogP contribution in [-0.4, -0.2) is 32.3 Å². The number of benzene rings is 1. The van der Waals surface area contributed by atoms with E-state index in [9.17, 15) is 9.59 Å². The zero-order valence-electron chi connectivity index (χ0n) is 16.5. The molecule has 0 fully saturated rings. The summed E-state index contributed by atoms with van der Waals surface area (Å²) in [6.07, 6.45) is 0.935. The summed E-state index contributed by atoms with van der Waals surface area (Å²) >= 11 is 0. The van der Waals surface area contributed by atoms with Crippen LogP contribution in [0.15, 0.2) is 29.5 Å². The second-order valence-electron chi connectivity index (χ2n) is 6.73. The van der Waals surface area contributed by atoms with Gasteiger partial charge in [-0.2, -0.15) is 0 Å². The molecular formula is C20H28N2O5. The largest absolute Gasteiger partial charge is 0.493 e. The number of methoxy groups -OCH3 is 1. The van der Waals surface area contributed by atoms with Crippen molar-refractivity contribution in [1.29, 1.82) is 0 Å². The van der Waals surface area contributed by atoms with Crippen LogP contribution < -0.4 is 20.1 Å². The van der Waals surface area contributed by atoms with Crippen molar-refractivity contribution in [3.05, 3.63) is 35.0 Å². The van der Waals surface area contributed by atoms with Gasteiger partial charge >= 0.3 is 12.0 Å². The molecule has 0 unspecified atom stereocenters. The Morgan fingerprint density at radius 2 is 2.00 bits per heavy atom. The van der Waals surface area contributed by atoms with Crippen LogP contribution in [0.4, 0.5) is 4.79 Å². The van der Waals surface area contributed by atoms with Gasteiger partial charge in [-0.25, -0.2) is 9.59 Å². The molecule has 0 radical (unpaired) electrons. The summed E-state index contributed by atoms with van der Waals surface area (Å²) in [7, 11) is 1.56. The topological polar surface area (TPSA) is 85.9 Å². The third-order valence-electron chi connectivity index (χ3n) is 4.24. The van der Waals surface area contributed by atoms with Crippen molar-refractivity contribution in [3.8, 4) is 11.5 Å². The van der Waals surface area contributed by atoms with Gasteiger partial charge in [-0.05, 0) is 43.9 Å². The summed E-state index contributed by atoms with van der Waals surface area (Å²) in [5.74, 6) is 1.25. The minimum Gasteiger partial charge on any atom is -0.493 e. The molecule has 2 N–H and O–H groups in total. The van der Waals surface area contributed by atoms with E-state index in [1.807, 2.05) is 6.07 Å². The molecule has 0 spiro atoms. The van der Waals surface area contributed by atoms with E-state index < -0.39 is 12.0 Å². The number of hydrogen-bond acceptors (Lipinski definition) is 5. The Morgan fingerprint density at radius 1 is 1.26 bits per heavy atom. The lowest BCUT2D eigenvalue weighted by Crippen LogP contribution is -2.45. The summed E-state index contributed by atoms with van der Waals surface area (Å²) in [5, 5.41) is 5.40. The second-order valence-corrected chi connectivity index (χ2v) is 6.73. The zero-order valence-corrected chi connectivity index (χ0v) is 16.5. The molecule has 7 heteroatoms. The van der Waals surface area contributed by atoms with Gasteiger partial charge in [0.1, 0.15) is 0 Å². The van der Waals surface area contributed by atoms with Gasteiger partial charge in [0.25, 0.3) is 0 Å². The maximum absolute atomic E-state index is 12.4. The van der Waals surface area contributed by atoms with E-state index in [1.54, 1.807) is 33.1 Å². The van der Waals surface area contributed by atoms with E-state index in [1.165, 1.54) is 0 Å². The number of urea groups is 1. The van der Waals surface area contributed by atoms with Gasteiger partial charge in [0.2, 0.25) is 0 Å². The molecule has 1 heterocycles. The summed E-state index contributed by atoms with van der Waals surface area (Å²) in [4.78, 5) is 24.3. The first-order valence-electron chi connectivity index (χ1n) is 9.13. The Hall–Kier alpha value is -2.70. The van der Waals surface area contributed by atoms with Crippen molar-refractivity contribution >= 4 is 12.0 Å². The van der Waals surface area contributed by atoms with Crippen LogP contribution in [-0.2, 0) is 9.53 Å². The number of carbonyl (C=O) groups excluding carboxylic acids is 2. The first-order valence-corrected chi connectivity index (χ1v) is 9.13. The molecule has 0 saturated heterocycles. The van der Waals surface area contributed by atoms with Gasteiger partial charge in [0.05, 0.1) is 31.9 Å². The van der Waals surface area contributed by atoms with Crippen LogP contribution in [0, 0.1) is 5.92 Å². The first-order chi connectivity index (χ1) is 12.9. The van der Waals surface area contributed by atoms with Gasteiger partial charge in [0, 0.05) is 5.70 Å². The average Bonchev–Trinajstić information content (AvgIpc) is 2.61. The SMILES string of the molecule is CCOC(=O)C1=C(C)NC(=O)N[C@H]1c1ccc(OCCC(C)C)c(OC)c1. The maximum Gasteiger partial charge on any atom is 0.338 e. The quantitative estimate of drug-likeness (QED) is 0.680. The standard InChI is InChI=1S/C20H28N2O5/c1-6-26-19(23)17-13(4)21-20(24)22-18(17)14-7-8-15(16(11-14)25-5)27-10-9-12(2)3/h7-8,11-12,18H,6,9-10H2,1-5H3,(H2,21,22,24)/t18-/m0/s1. The number of amides is 2. The molecule has 1 aliphatic heterocycles. The number of ether oxygens (including phenoxy) is 3. The smallest absolute Gasteiger partial charge is 0.338 e. The lowest BCUT2D eigenvalue weighted by atomic mass is 9.95. The van der Waals surface area contributed by atoms with Crippen molar-refractivity contribution in [1.82, 2.24) is 10.6 Å². The highest BCUT2D eigenvalue weighted by Crippen LogP contribution is 2.34. The first kappa shape index (κ1) is 20.6. The lowest BCUT2D eigenvalue weighted by Gasteiger charge is -2.28. The Labute approximate surface area is 160 Å². The lowest BCUT2D eigenvalue weighted by molar-refractivity contribution is -0.139. The molecular weight excluding hydrogens is 348 g/mol. The Morgan fingerprint density at radius 3 is 2.63 bits per heavy atom. The molecule has 148 valence electrons. The molecule has 2 amide bonds. The van der Waals surface area contributed by atoms with Gasteiger partial charge in [-0.3, -0.25) is 0 Å². The molecule has 0 bridgehead atoms. The highest BCUT2D eigenvalue weighted by Gasteiger charge is 2.32. The molecule has 27 heavy (non-hydrogen) atoms. The summed E-state index contributed by atoms with van der Waals surface area (Å²) in [5.41, 5.74) is 1.55. The van der Waals surface area contributed by atoms with E-state index in [0.29, 0.717) is 40.9 Å². The van der Waals surface area contributed by atoms with E-state index in [4.69, 9.17) is 14.2 Å². The summed E-state index contributed by atoms with van der Waals surface area (Å²) < 4.78 is 16.4. The predicted octanol–water partition coefficient (Wildman–Crippen LogP) is 3.31. The number of carbonyl (C=O) groups is 2. The molecule has 1 aliphatic rings. The normalized spacial score (nSPS) is 16.7. The van der Waals surface area contributed by atoms with Crippen LogP contribution in [0.2, 0.25) is 0 Å². The number of rotatable bonds is 8. The maximum atomic E-state index is 12.4. The van der Waals surface area contributed by atoms with Crippen LogP contribution in [0.3, 0.4) is 0 Å². The van der Waals surface area contributed by atoms with Crippen molar-refractivity contribution in [2.24, 2.45) is 5.92 Å². The molecule has 0 aliphatic carbocycles.